The van der Waals surface area contributed by atoms with Crippen LogP contribution in [0.15, 0.2) is 29.9 Å². The van der Waals surface area contributed by atoms with Crippen LogP contribution in [0.5, 0.6) is 0 Å². The zero-order valence-corrected chi connectivity index (χ0v) is 9.00. The summed E-state index contributed by atoms with van der Waals surface area (Å²) in [5, 5.41) is 2.63. The molecule has 0 saturated carbocycles. The summed E-state index contributed by atoms with van der Waals surface area (Å²) in [7, 11) is 0. The van der Waals surface area contributed by atoms with Gasteiger partial charge in [0, 0.05) is 11.1 Å². The lowest BCUT2D eigenvalue weighted by Crippen LogP contribution is -2.23. The van der Waals surface area contributed by atoms with Gasteiger partial charge in [0.1, 0.15) is 5.69 Å². The Morgan fingerprint density at radius 3 is 3.06 bits per heavy atom. The first kappa shape index (κ1) is 10.7. The summed E-state index contributed by atoms with van der Waals surface area (Å²) in [5.74, 6) is -1.06. The number of rotatable bonds is 3. The van der Waals surface area contributed by atoms with Crippen molar-refractivity contribution < 1.29 is 9.18 Å². The normalized spacial score (nSPS) is 10.1. The molecule has 0 atom stereocenters. The average molecular weight is 237 g/mol. The van der Waals surface area contributed by atoms with Gasteiger partial charge in [-0.05, 0) is 12.1 Å². The smallest absolute Gasteiger partial charge is 0.270 e. The minimum atomic E-state index is -0.662. The molecule has 0 fully saturated rings. The summed E-state index contributed by atoms with van der Waals surface area (Å²) in [6, 6.07) is 4.11. The van der Waals surface area contributed by atoms with Crippen LogP contribution >= 0.6 is 11.3 Å². The van der Waals surface area contributed by atoms with Gasteiger partial charge in [0.2, 0.25) is 5.95 Å². The number of hydrogen-bond acceptors (Lipinski definition) is 4. The van der Waals surface area contributed by atoms with Gasteiger partial charge >= 0.3 is 0 Å². The number of pyridine rings is 1. The Kier molecular flexibility index (Phi) is 3.21. The van der Waals surface area contributed by atoms with Crippen molar-refractivity contribution >= 4 is 17.2 Å². The van der Waals surface area contributed by atoms with E-state index in [1.807, 2.05) is 0 Å². The molecular weight excluding hydrogens is 229 g/mol. The number of thiazole rings is 1. The van der Waals surface area contributed by atoms with Gasteiger partial charge in [0.05, 0.1) is 12.1 Å². The standard InChI is InChI=1S/C10H8FN3OS/c11-9-3-1-2-8(14-9)10(15)13-5-7-4-12-6-16-7/h1-4,6H,5H2,(H,13,15). The number of nitrogens with zero attached hydrogens (tertiary/aromatic N) is 2. The molecule has 16 heavy (non-hydrogen) atoms. The predicted molar refractivity (Wildman–Crippen MR) is 57.5 cm³/mol. The topological polar surface area (TPSA) is 54.9 Å². The number of carbonyl (C=O) groups is 1. The van der Waals surface area contributed by atoms with Crippen LogP contribution in [0, 0.1) is 5.95 Å². The lowest BCUT2D eigenvalue weighted by molar-refractivity contribution is 0.0945. The average Bonchev–Trinajstić information content (AvgIpc) is 2.78. The molecule has 2 rings (SSSR count). The van der Waals surface area contributed by atoms with E-state index < -0.39 is 11.9 Å². The van der Waals surface area contributed by atoms with Gasteiger partial charge in [0.25, 0.3) is 5.91 Å². The molecule has 0 bridgehead atoms. The van der Waals surface area contributed by atoms with E-state index in [2.05, 4.69) is 15.3 Å². The highest BCUT2D eigenvalue weighted by Crippen LogP contribution is 2.05. The van der Waals surface area contributed by atoms with Crippen molar-refractivity contribution in [1.82, 2.24) is 15.3 Å². The fourth-order valence-electron chi connectivity index (χ4n) is 1.12. The molecule has 2 aromatic rings. The van der Waals surface area contributed by atoms with Gasteiger partial charge in [-0.15, -0.1) is 11.3 Å². The van der Waals surface area contributed by atoms with Crippen LogP contribution in [-0.4, -0.2) is 15.9 Å². The Bertz CT molecular complexity index is 487. The van der Waals surface area contributed by atoms with Crippen LogP contribution in [0.3, 0.4) is 0 Å². The zero-order chi connectivity index (χ0) is 11.4. The monoisotopic (exact) mass is 237 g/mol. The molecule has 1 N–H and O–H groups in total. The van der Waals surface area contributed by atoms with Crippen LogP contribution in [0.2, 0.25) is 0 Å². The van der Waals surface area contributed by atoms with E-state index in [0.717, 1.165) is 4.88 Å². The Labute approximate surface area is 95.2 Å². The summed E-state index contributed by atoms with van der Waals surface area (Å²) >= 11 is 1.44. The Morgan fingerprint density at radius 2 is 2.38 bits per heavy atom. The third-order valence-corrected chi connectivity index (χ3v) is 2.63. The highest BCUT2D eigenvalue weighted by molar-refractivity contribution is 7.09. The van der Waals surface area contributed by atoms with E-state index in [-0.39, 0.29) is 5.69 Å². The first-order valence-corrected chi connectivity index (χ1v) is 5.42. The van der Waals surface area contributed by atoms with Crippen molar-refractivity contribution in [3.63, 3.8) is 0 Å². The van der Waals surface area contributed by atoms with E-state index in [1.165, 1.54) is 29.5 Å². The molecule has 0 aliphatic carbocycles. The van der Waals surface area contributed by atoms with Gasteiger partial charge in [0.15, 0.2) is 0 Å². The van der Waals surface area contributed by atoms with Crippen molar-refractivity contribution in [2.45, 2.75) is 6.54 Å². The van der Waals surface area contributed by atoms with Crippen LogP contribution in [0.1, 0.15) is 15.4 Å². The minimum Gasteiger partial charge on any atom is -0.346 e. The molecule has 0 aliphatic rings. The summed E-state index contributed by atoms with van der Waals surface area (Å²) < 4.78 is 12.7. The van der Waals surface area contributed by atoms with E-state index in [0.29, 0.717) is 6.54 Å². The lowest BCUT2D eigenvalue weighted by atomic mass is 10.3. The minimum absolute atomic E-state index is 0.0736. The number of halogens is 1. The van der Waals surface area contributed by atoms with Crippen LogP contribution in [-0.2, 0) is 6.54 Å². The number of nitrogens with one attached hydrogen (secondary N) is 1. The molecule has 1 amide bonds. The second-order valence-electron chi connectivity index (χ2n) is 3.00. The molecule has 2 aromatic heterocycles. The van der Waals surface area contributed by atoms with E-state index in [4.69, 9.17) is 0 Å². The molecule has 0 aromatic carbocycles. The number of carbonyl (C=O) groups excluding carboxylic acids is 1. The first-order chi connectivity index (χ1) is 7.75. The van der Waals surface area contributed by atoms with Crippen molar-refractivity contribution in [2.75, 3.05) is 0 Å². The molecule has 0 unspecified atom stereocenters. The fraction of sp³-hybridized carbons (Fsp3) is 0.100. The Morgan fingerprint density at radius 1 is 1.50 bits per heavy atom. The van der Waals surface area contributed by atoms with E-state index >= 15 is 0 Å². The van der Waals surface area contributed by atoms with Gasteiger partial charge in [-0.2, -0.15) is 4.39 Å². The summed E-state index contributed by atoms with van der Waals surface area (Å²) in [5.41, 5.74) is 1.76. The molecule has 2 heterocycles. The Hall–Kier alpha value is -1.82. The van der Waals surface area contributed by atoms with Crippen molar-refractivity contribution in [2.24, 2.45) is 0 Å². The number of amides is 1. The van der Waals surface area contributed by atoms with Crippen molar-refractivity contribution in [3.05, 3.63) is 46.4 Å². The van der Waals surface area contributed by atoms with Gasteiger partial charge in [-0.3, -0.25) is 9.78 Å². The van der Waals surface area contributed by atoms with Crippen LogP contribution in [0.4, 0.5) is 4.39 Å². The maximum Gasteiger partial charge on any atom is 0.270 e. The molecule has 6 heteroatoms. The molecule has 82 valence electrons. The van der Waals surface area contributed by atoms with Gasteiger partial charge < -0.3 is 5.32 Å². The van der Waals surface area contributed by atoms with Gasteiger partial charge in [-0.25, -0.2) is 4.98 Å². The quantitative estimate of drug-likeness (QED) is 0.825. The largest absolute Gasteiger partial charge is 0.346 e. The highest BCUT2D eigenvalue weighted by atomic mass is 32.1. The lowest BCUT2D eigenvalue weighted by Gasteiger charge is -2.02. The highest BCUT2D eigenvalue weighted by Gasteiger charge is 2.07. The van der Waals surface area contributed by atoms with E-state index in [1.54, 1.807) is 11.7 Å². The van der Waals surface area contributed by atoms with Crippen molar-refractivity contribution in [3.8, 4) is 0 Å². The summed E-state index contributed by atoms with van der Waals surface area (Å²) in [6.07, 6.45) is 1.67. The van der Waals surface area contributed by atoms with Crippen LogP contribution in [0.25, 0.3) is 0 Å². The summed E-state index contributed by atoms with van der Waals surface area (Å²) in [6.45, 7) is 0.377. The van der Waals surface area contributed by atoms with Gasteiger partial charge in [-0.1, -0.05) is 6.07 Å². The fourth-order valence-corrected chi connectivity index (χ4v) is 1.66. The Balaban J connectivity index is 1.98. The molecular formula is C10H8FN3OS. The molecule has 0 aliphatic heterocycles. The number of hydrogen-bond donors (Lipinski definition) is 1. The van der Waals surface area contributed by atoms with Crippen LogP contribution < -0.4 is 5.32 Å². The number of aromatic nitrogens is 2. The third kappa shape index (κ3) is 2.60. The maximum absolute atomic E-state index is 12.7. The van der Waals surface area contributed by atoms with Crippen molar-refractivity contribution in [1.29, 1.82) is 0 Å². The second-order valence-corrected chi connectivity index (χ2v) is 3.97. The molecule has 0 spiro atoms. The third-order valence-electron chi connectivity index (χ3n) is 1.85. The summed E-state index contributed by atoms with van der Waals surface area (Å²) in [4.78, 5) is 19.8. The molecule has 4 nitrogen and oxygen atoms in total. The first-order valence-electron chi connectivity index (χ1n) is 4.54. The zero-order valence-electron chi connectivity index (χ0n) is 8.18. The SMILES string of the molecule is O=C(NCc1cncs1)c1cccc(F)n1. The second kappa shape index (κ2) is 4.80. The maximum atomic E-state index is 12.7. The van der Waals surface area contributed by atoms with E-state index in [9.17, 15) is 9.18 Å². The predicted octanol–water partition coefficient (Wildman–Crippen LogP) is 1.61. The molecule has 0 saturated heterocycles. The molecule has 0 radical (unpaired) electrons.